The smallest absolute Gasteiger partial charge is 0.303 e. The average Bonchev–Trinajstić information content (AvgIpc) is 2.73. The number of nitrogens with one attached hydrogen (secondary N) is 1. The Morgan fingerprint density at radius 1 is 0.964 bits per heavy atom. The van der Waals surface area contributed by atoms with Crippen molar-refractivity contribution in [3.63, 3.8) is 0 Å². The van der Waals surface area contributed by atoms with E-state index < -0.39 is 5.97 Å². The molecule has 2 amide bonds. The van der Waals surface area contributed by atoms with Gasteiger partial charge in [-0.3, -0.25) is 14.4 Å². The lowest BCUT2D eigenvalue weighted by atomic mass is 9.95. The van der Waals surface area contributed by atoms with Crippen molar-refractivity contribution in [1.29, 1.82) is 0 Å². The maximum absolute atomic E-state index is 12.5. The summed E-state index contributed by atoms with van der Waals surface area (Å²) in [7, 11) is 0. The second kappa shape index (κ2) is 9.17. The number of nitrogens with zero attached hydrogens (tertiary/aromatic N) is 1. The molecule has 1 aliphatic rings. The zero-order chi connectivity index (χ0) is 19.9. The van der Waals surface area contributed by atoms with Crippen LogP contribution in [0.1, 0.15) is 35.2 Å². The number of carbonyl (C=O) groups is 3. The van der Waals surface area contributed by atoms with Gasteiger partial charge in [0.2, 0.25) is 5.91 Å². The molecule has 0 saturated carbocycles. The number of likely N-dealkylation sites (tertiary alicyclic amines) is 1. The Kier molecular flexibility index (Phi) is 6.42. The van der Waals surface area contributed by atoms with Gasteiger partial charge in [-0.15, -0.1) is 0 Å². The molecule has 6 nitrogen and oxygen atoms in total. The number of aliphatic carboxylic acids is 1. The molecule has 2 aromatic carbocycles. The fourth-order valence-electron chi connectivity index (χ4n) is 3.36. The number of hydrogen-bond acceptors (Lipinski definition) is 3. The maximum Gasteiger partial charge on any atom is 0.303 e. The Bertz CT molecular complexity index is 825. The van der Waals surface area contributed by atoms with Crippen molar-refractivity contribution in [2.24, 2.45) is 5.92 Å². The summed E-state index contributed by atoms with van der Waals surface area (Å²) in [5.74, 6) is -0.970. The van der Waals surface area contributed by atoms with Gasteiger partial charge in [0.25, 0.3) is 5.91 Å². The molecule has 1 fully saturated rings. The van der Waals surface area contributed by atoms with Gasteiger partial charge in [0, 0.05) is 36.7 Å². The molecule has 0 atom stereocenters. The van der Waals surface area contributed by atoms with Gasteiger partial charge in [-0.2, -0.15) is 0 Å². The van der Waals surface area contributed by atoms with Crippen LogP contribution in [0.25, 0.3) is 0 Å². The second-order valence-electron chi connectivity index (χ2n) is 7.01. The van der Waals surface area contributed by atoms with E-state index in [0.29, 0.717) is 43.6 Å². The minimum absolute atomic E-state index is 0.0106. The van der Waals surface area contributed by atoms with Crippen LogP contribution in [0, 0.1) is 5.92 Å². The summed E-state index contributed by atoms with van der Waals surface area (Å²) in [5.41, 5.74) is 2.30. The van der Waals surface area contributed by atoms with Crippen molar-refractivity contribution in [1.82, 2.24) is 4.90 Å². The lowest BCUT2D eigenvalue weighted by Gasteiger charge is -2.31. The first-order chi connectivity index (χ1) is 13.5. The van der Waals surface area contributed by atoms with Crippen molar-refractivity contribution in [2.75, 3.05) is 18.4 Å². The highest BCUT2D eigenvalue weighted by molar-refractivity contribution is 5.95. The van der Waals surface area contributed by atoms with E-state index in [0.717, 1.165) is 5.56 Å². The molecule has 3 rings (SSSR count). The number of benzene rings is 2. The van der Waals surface area contributed by atoms with Crippen molar-refractivity contribution in [2.45, 2.75) is 25.7 Å². The Morgan fingerprint density at radius 3 is 2.21 bits per heavy atom. The van der Waals surface area contributed by atoms with Crippen LogP contribution >= 0.6 is 0 Å². The molecule has 0 radical (unpaired) electrons. The highest BCUT2D eigenvalue weighted by atomic mass is 16.4. The van der Waals surface area contributed by atoms with Gasteiger partial charge in [0.15, 0.2) is 0 Å². The van der Waals surface area contributed by atoms with E-state index in [9.17, 15) is 14.4 Å². The lowest BCUT2D eigenvalue weighted by Crippen LogP contribution is -2.41. The Balaban J connectivity index is 1.48. The number of piperidine rings is 1. The number of anilines is 1. The monoisotopic (exact) mass is 380 g/mol. The van der Waals surface area contributed by atoms with Crippen molar-refractivity contribution in [3.8, 4) is 0 Å². The zero-order valence-electron chi connectivity index (χ0n) is 15.6. The van der Waals surface area contributed by atoms with Crippen LogP contribution in [0.15, 0.2) is 54.6 Å². The minimum atomic E-state index is -0.825. The summed E-state index contributed by atoms with van der Waals surface area (Å²) in [6, 6.07) is 16.4. The molecule has 1 saturated heterocycles. The van der Waals surface area contributed by atoms with Gasteiger partial charge in [0.05, 0.1) is 0 Å². The van der Waals surface area contributed by atoms with Gasteiger partial charge in [-0.25, -0.2) is 0 Å². The first-order valence-corrected chi connectivity index (χ1v) is 9.49. The third-order valence-corrected chi connectivity index (χ3v) is 5.02. The van der Waals surface area contributed by atoms with Crippen LogP contribution in [0.3, 0.4) is 0 Å². The quantitative estimate of drug-likeness (QED) is 0.806. The molecular formula is C22H24N2O4. The molecule has 0 unspecified atom stereocenters. The number of amides is 2. The molecule has 2 aromatic rings. The van der Waals surface area contributed by atoms with E-state index >= 15 is 0 Å². The van der Waals surface area contributed by atoms with E-state index in [1.54, 1.807) is 29.2 Å². The number of carbonyl (C=O) groups excluding carboxylic acids is 2. The van der Waals surface area contributed by atoms with Crippen LogP contribution in [0.4, 0.5) is 5.69 Å². The molecule has 0 aliphatic carbocycles. The van der Waals surface area contributed by atoms with Crippen LogP contribution in [0.2, 0.25) is 0 Å². The molecule has 0 bridgehead atoms. The van der Waals surface area contributed by atoms with E-state index in [1.165, 1.54) is 0 Å². The largest absolute Gasteiger partial charge is 0.481 e. The zero-order valence-corrected chi connectivity index (χ0v) is 15.6. The fourth-order valence-corrected chi connectivity index (χ4v) is 3.36. The normalized spacial score (nSPS) is 14.5. The molecule has 28 heavy (non-hydrogen) atoms. The van der Waals surface area contributed by atoms with Crippen LogP contribution in [-0.4, -0.2) is 40.9 Å². The van der Waals surface area contributed by atoms with Gasteiger partial charge >= 0.3 is 5.97 Å². The first kappa shape index (κ1) is 19.6. The van der Waals surface area contributed by atoms with E-state index in [4.69, 9.17) is 5.11 Å². The Labute approximate surface area is 164 Å². The number of carboxylic acids is 1. The average molecular weight is 380 g/mol. The van der Waals surface area contributed by atoms with E-state index in [-0.39, 0.29) is 24.2 Å². The molecule has 0 aromatic heterocycles. The summed E-state index contributed by atoms with van der Waals surface area (Å²) in [6.07, 6.45) is 1.84. The Hall–Kier alpha value is -3.15. The second-order valence-corrected chi connectivity index (χ2v) is 7.01. The summed E-state index contributed by atoms with van der Waals surface area (Å²) < 4.78 is 0. The highest BCUT2D eigenvalue weighted by Gasteiger charge is 2.27. The molecule has 146 valence electrons. The predicted molar refractivity (Wildman–Crippen MR) is 106 cm³/mol. The number of carboxylic acid groups (broad SMARTS) is 1. The molecule has 2 N–H and O–H groups in total. The first-order valence-electron chi connectivity index (χ1n) is 9.49. The maximum atomic E-state index is 12.5. The van der Waals surface area contributed by atoms with Crippen LogP contribution < -0.4 is 5.32 Å². The highest BCUT2D eigenvalue weighted by Crippen LogP contribution is 2.21. The minimum Gasteiger partial charge on any atom is -0.481 e. The standard InChI is InChI=1S/C22H24N2O4/c25-20(26)11-8-16-6-9-19(10-7-16)23-21(27)17-12-14-24(15-13-17)22(28)18-4-2-1-3-5-18/h1-7,9-10,17H,8,11-15H2,(H,23,27)(H,25,26). The molecular weight excluding hydrogens is 356 g/mol. The molecule has 1 heterocycles. The molecule has 6 heteroatoms. The number of hydrogen-bond donors (Lipinski definition) is 2. The van der Waals surface area contributed by atoms with Gasteiger partial charge < -0.3 is 15.3 Å². The van der Waals surface area contributed by atoms with Crippen molar-refractivity contribution < 1.29 is 19.5 Å². The summed E-state index contributed by atoms with van der Waals surface area (Å²) in [5, 5.41) is 11.6. The summed E-state index contributed by atoms with van der Waals surface area (Å²) in [4.78, 5) is 37.4. The van der Waals surface area contributed by atoms with Gasteiger partial charge in [-0.05, 0) is 49.1 Å². The van der Waals surface area contributed by atoms with Crippen molar-refractivity contribution in [3.05, 3.63) is 65.7 Å². The topological polar surface area (TPSA) is 86.7 Å². The summed E-state index contributed by atoms with van der Waals surface area (Å²) in [6.45, 7) is 1.14. The van der Waals surface area contributed by atoms with E-state index in [2.05, 4.69) is 5.32 Å². The third-order valence-electron chi connectivity index (χ3n) is 5.02. The lowest BCUT2D eigenvalue weighted by molar-refractivity contribution is -0.137. The number of rotatable bonds is 6. The van der Waals surface area contributed by atoms with Crippen LogP contribution in [-0.2, 0) is 16.0 Å². The third kappa shape index (κ3) is 5.19. The van der Waals surface area contributed by atoms with Gasteiger partial charge in [0.1, 0.15) is 0 Å². The summed E-state index contributed by atoms with van der Waals surface area (Å²) >= 11 is 0. The SMILES string of the molecule is O=C(O)CCc1ccc(NC(=O)C2CCN(C(=O)c3ccccc3)CC2)cc1. The van der Waals surface area contributed by atoms with Crippen LogP contribution in [0.5, 0.6) is 0 Å². The fraction of sp³-hybridized carbons (Fsp3) is 0.318. The predicted octanol–water partition coefficient (Wildman–Crippen LogP) is 3.19. The molecule has 1 aliphatic heterocycles. The Morgan fingerprint density at radius 2 is 1.61 bits per heavy atom. The van der Waals surface area contributed by atoms with E-state index in [1.807, 2.05) is 30.3 Å². The van der Waals surface area contributed by atoms with Gasteiger partial charge in [-0.1, -0.05) is 30.3 Å². The molecule has 0 spiro atoms. The van der Waals surface area contributed by atoms with Crippen molar-refractivity contribution >= 4 is 23.5 Å². The number of aryl methyl sites for hydroxylation is 1.